The van der Waals surface area contributed by atoms with E-state index in [1.54, 1.807) is 11.3 Å². The Bertz CT molecular complexity index is 847. The molecule has 1 aliphatic heterocycles. The van der Waals surface area contributed by atoms with Gasteiger partial charge in [-0.3, -0.25) is 0 Å². The summed E-state index contributed by atoms with van der Waals surface area (Å²) in [6, 6.07) is 10.3. The smallest absolute Gasteiger partial charge is 0.141 e. The number of nitrogens with two attached hydrogens (primary N) is 1. The Kier molecular flexibility index (Phi) is 3.67. The lowest BCUT2D eigenvalue weighted by Gasteiger charge is -2.09. The van der Waals surface area contributed by atoms with E-state index in [2.05, 4.69) is 40.3 Å². The number of hydrogen-bond acceptors (Lipinski definition) is 3. The van der Waals surface area contributed by atoms with Crippen LogP contribution >= 0.6 is 11.3 Å². The first-order valence-electron chi connectivity index (χ1n) is 7.88. The Morgan fingerprint density at radius 2 is 2.30 bits per heavy atom. The maximum Gasteiger partial charge on any atom is 0.141 e. The van der Waals surface area contributed by atoms with E-state index < -0.39 is 0 Å². The molecule has 0 aliphatic carbocycles. The van der Waals surface area contributed by atoms with Crippen LogP contribution in [0.4, 0.5) is 5.69 Å². The van der Waals surface area contributed by atoms with Crippen molar-refractivity contribution in [2.45, 2.75) is 12.3 Å². The molecule has 3 heterocycles. The third-order valence-corrected chi connectivity index (χ3v) is 5.44. The van der Waals surface area contributed by atoms with E-state index in [4.69, 9.17) is 5.73 Å². The van der Waals surface area contributed by atoms with E-state index in [0.717, 1.165) is 17.1 Å². The Hall–Kier alpha value is -2.11. The van der Waals surface area contributed by atoms with Crippen LogP contribution in [0.5, 0.6) is 0 Å². The van der Waals surface area contributed by atoms with Gasteiger partial charge in [-0.1, -0.05) is 6.07 Å². The largest absolute Gasteiger partial charge is 0.383 e. The van der Waals surface area contributed by atoms with Gasteiger partial charge >= 0.3 is 0 Å². The molecule has 5 heteroatoms. The van der Waals surface area contributed by atoms with E-state index in [1.807, 2.05) is 23.6 Å². The van der Waals surface area contributed by atoms with Crippen molar-refractivity contribution in [1.29, 1.82) is 0 Å². The van der Waals surface area contributed by atoms with Gasteiger partial charge in [0.15, 0.2) is 0 Å². The van der Waals surface area contributed by atoms with Crippen molar-refractivity contribution < 1.29 is 0 Å². The fraction of sp³-hybridized carbons (Fsp3) is 0.278. The second kappa shape index (κ2) is 5.83. The van der Waals surface area contributed by atoms with Gasteiger partial charge in [0, 0.05) is 23.6 Å². The Morgan fingerprint density at radius 3 is 3.04 bits per heavy atom. The lowest BCUT2D eigenvalue weighted by atomic mass is 9.98. The van der Waals surface area contributed by atoms with Crippen molar-refractivity contribution in [1.82, 2.24) is 9.88 Å². The number of thiophene rings is 1. The summed E-state index contributed by atoms with van der Waals surface area (Å²) in [7, 11) is 2.19. The molecule has 2 aromatic heterocycles. The number of aliphatic imine (C=N–C) groups is 1. The molecule has 0 unspecified atom stereocenters. The lowest BCUT2D eigenvalue weighted by molar-refractivity contribution is 0.412. The van der Waals surface area contributed by atoms with Gasteiger partial charge in [0.2, 0.25) is 0 Å². The number of likely N-dealkylation sites (N-methyl/N-ethyl adjacent to an activating group) is 1. The van der Waals surface area contributed by atoms with Gasteiger partial charge in [-0.25, -0.2) is 4.99 Å². The molecule has 118 valence electrons. The van der Waals surface area contributed by atoms with Crippen molar-refractivity contribution in [2.75, 3.05) is 20.1 Å². The molecule has 0 radical (unpaired) electrons. The zero-order valence-electron chi connectivity index (χ0n) is 13.1. The number of amidine groups is 1. The minimum atomic E-state index is 0.581. The van der Waals surface area contributed by atoms with Crippen molar-refractivity contribution in [3.63, 3.8) is 0 Å². The fourth-order valence-corrected chi connectivity index (χ4v) is 3.97. The molecule has 1 atom stereocenters. The second-order valence-electron chi connectivity index (χ2n) is 6.20. The van der Waals surface area contributed by atoms with E-state index in [-0.39, 0.29) is 0 Å². The van der Waals surface area contributed by atoms with E-state index >= 15 is 0 Å². The topological polar surface area (TPSA) is 57.4 Å². The SMILES string of the molecule is CN1CC[C@@H](c2c[nH]c3ccc(N=C(N)c4cccs4)cc23)C1. The Labute approximate surface area is 139 Å². The van der Waals surface area contributed by atoms with Crippen LogP contribution in [0.25, 0.3) is 10.9 Å². The van der Waals surface area contributed by atoms with Gasteiger partial charge in [0.05, 0.1) is 10.6 Å². The van der Waals surface area contributed by atoms with Crippen LogP contribution in [-0.4, -0.2) is 35.9 Å². The van der Waals surface area contributed by atoms with Crippen molar-refractivity contribution in [2.24, 2.45) is 10.7 Å². The highest BCUT2D eigenvalue weighted by Gasteiger charge is 2.23. The molecule has 4 rings (SSSR count). The highest BCUT2D eigenvalue weighted by atomic mass is 32.1. The third-order valence-electron chi connectivity index (χ3n) is 4.55. The maximum atomic E-state index is 6.12. The molecule has 1 aliphatic rings. The summed E-state index contributed by atoms with van der Waals surface area (Å²) in [5, 5.41) is 3.28. The monoisotopic (exact) mass is 324 g/mol. The predicted molar refractivity (Wildman–Crippen MR) is 97.9 cm³/mol. The number of nitrogens with zero attached hydrogens (tertiary/aromatic N) is 2. The predicted octanol–water partition coefficient (Wildman–Crippen LogP) is 3.69. The molecule has 23 heavy (non-hydrogen) atoms. The van der Waals surface area contributed by atoms with Gasteiger partial charge in [-0.2, -0.15) is 0 Å². The molecule has 1 saturated heterocycles. The van der Waals surface area contributed by atoms with Crippen LogP contribution in [0.2, 0.25) is 0 Å². The Balaban J connectivity index is 1.71. The molecule has 3 N–H and O–H groups in total. The number of H-pyrrole nitrogens is 1. The highest BCUT2D eigenvalue weighted by Crippen LogP contribution is 2.33. The molecule has 0 bridgehead atoms. The number of likely N-dealkylation sites (tertiary alicyclic amines) is 1. The number of hydrogen-bond donors (Lipinski definition) is 2. The van der Waals surface area contributed by atoms with Gasteiger partial charge in [-0.15, -0.1) is 11.3 Å². The summed E-state index contributed by atoms with van der Waals surface area (Å²) >= 11 is 1.61. The zero-order chi connectivity index (χ0) is 15.8. The number of rotatable bonds is 3. The molecule has 1 fully saturated rings. The van der Waals surface area contributed by atoms with Crippen molar-refractivity contribution >= 4 is 33.8 Å². The van der Waals surface area contributed by atoms with Gasteiger partial charge < -0.3 is 15.6 Å². The normalized spacial score (nSPS) is 19.7. The fourth-order valence-electron chi connectivity index (χ4n) is 3.34. The molecule has 3 aromatic rings. The van der Waals surface area contributed by atoms with Gasteiger partial charge in [-0.05, 0) is 61.1 Å². The van der Waals surface area contributed by atoms with Crippen LogP contribution in [-0.2, 0) is 0 Å². The lowest BCUT2D eigenvalue weighted by Crippen LogP contribution is -2.13. The van der Waals surface area contributed by atoms with Crippen LogP contribution in [0.1, 0.15) is 22.8 Å². The number of aromatic amines is 1. The van der Waals surface area contributed by atoms with Gasteiger partial charge in [0.25, 0.3) is 0 Å². The first-order valence-corrected chi connectivity index (χ1v) is 8.76. The molecule has 1 aromatic carbocycles. The van der Waals surface area contributed by atoms with Crippen molar-refractivity contribution in [3.05, 3.63) is 52.3 Å². The quantitative estimate of drug-likeness (QED) is 0.570. The summed E-state index contributed by atoms with van der Waals surface area (Å²) in [6.45, 7) is 2.29. The molecule has 0 saturated carbocycles. The average molecular weight is 324 g/mol. The van der Waals surface area contributed by atoms with Crippen LogP contribution < -0.4 is 5.73 Å². The minimum absolute atomic E-state index is 0.581. The van der Waals surface area contributed by atoms with E-state index in [0.29, 0.717) is 11.8 Å². The summed E-state index contributed by atoms with van der Waals surface area (Å²) in [5.74, 6) is 1.18. The van der Waals surface area contributed by atoms with Crippen LogP contribution in [0.15, 0.2) is 46.9 Å². The molecule has 0 amide bonds. The average Bonchev–Trinajstić information content (AvgIpc) is 3.26. The van der Waals surface area contributed by atoms with Crippen LogP contribution in [0, 0.1) is 0 Å². The number of aromatic nitrogens is 1. The summed E-state index contributed by atoms with van der Waals surface area (Å²) in [4.78, 5) is 11.4. The van der Waals surface area contributed by atoms with E-state index in [9.17, 15) is 0 Å². The number of benzene rings is 1. The Morgan fingerprint density at radius 1 is 1.39 bits per heavy atom. The second-order valence-corrected chi connectivity index (χ2v) is 7.14. The maximum absolute atomic E-state index is 6.12. The minimum Gasteiger partial charge on any atom is -0.383 e. The molecular weight excluding hydrogens is 304 g/mol. The van der Waals surface area contributed by atoms with Crippen molar-refractivity contribution in [3.8, 4) is 0 Å². The molecule has 0 spiro atoms. The first-order chi connectivity index (χ1) is 11.2. The highest BCUT2D eigenvalue weighted by molar-refractivity contribution is 7.12. The molecular formula is C18H20N4S. The number of fused-ring (bicyclic) bond motifs is 1. The molecule has 4 nitrogen and oxygen atoms in total. The van der Waals surface area contributed by atoms with E-state index in [1.165, 1.54) is 29.4 Å². The van der Waals surface area contributed by atoms with Gasteiger partial charge in [0.1, 0.15) is 5.84 Å². The zero-order valence-corrected chi connectivity index (χ0v) is 13.9. The standard InChI is InChI=1S/C18H20N4S/c1-22-7-6-12(11-22)15-10-20-16-5-4-13(9-14(15)16)21-18(19)17-3-2-8-23-17/h2-5,8-10,12,20H,6-7,11H2,1H3,(H2,19,21)/t12-/m1/s1. The summed E-state index contributed by atoms with van der Waals surface area (Å²) in [5.41, 5.74) is 9.60. The third kappa shape index (κ3) is 2.78. The summed E-state index contributed by atoms with van der Waals surface area (Å²) in [6.07, 6.45) is 3.37. The van der Waals surface area contributed by atoms with Crippen LogP contribution in [0.3, 0.4) is 0 Å². The number of nitrogens with one attached hydrogen (secondary N) is 1. The first kappa shape index (κ1) is 14.5. The summed E-state index contributed by atoms with van der Waals surface area (Å²) < 4.78 is 0.